The predicted octanol–water partition coefficient (Wildman–Crippen LogP) is 2.80. The van der Waals surface area contributed by atoms with Crippen molar-refractivity contribution in [3.05, 3.63) is 58.6 Å². The van der Waals surface area contributed by atoms with Crippen molar-refractivity contribution in [3.63, 3.8) is 0 Å². The first kappa shape index (κ1) is 20.6. The van der Waals surface area contributed by atoms with Crippen LogP contribution in [0.1, 0.15) is 35.7 Å². The summed E-state index contributed by atoms with van der Waals surface area (Å²) in [7, 11) is 0. The van der Waals surface area contributed by atoms with Gasteiger partial charge in [0.1, 0.15) is 11.8 Å². The first-order valence-electron chi connectivity index (χ1n) is 9.03. The largest absolute Gasteiger partial charge is 0.393 e. The molecule has 9 heteroatoms. The number of aromatic nitrogens is 3. The average molecular weight is 414 g/mol. The number of nitriles is 1. The summed E-state index contributed by atoms with van der Waals surface area (Å²) in [4.78, 5) is 12.3. The summed E-state index contributed by atoms with van der Waals surface area (Å²) >= 11 is 6.08. The van der Waals surface area contributed by atoms with Gasteiger partial charge in [-0.15, -0.1) is 0 Å². The lowest BCUT2D eigenvalue weighted by Gasteiger charge is -2.12. The van der Waals surface area contributed by atoms with E-state index in [9.17, 15) is 9.90 Å². The van der Waals surface area contributed by atoms with Gasteiger partial charge in [0.25, 0.3) is 5.91 Å². The van der Waals surface area contributed by atoms with Gasteiger partial charge in [0.2, 0.25) is 0 Å². The summed E-state index contributed by atoms with van der Waals surface area (Å²) in [6.07, 6.45) is 1.53. The van der Waals surface area contributed by atoms with Crippen molar-refractivity contribution in [2.45, 2.75) is 39.0 Å². The number of amides is 1. The van der Waals surface area contributed by atoms with Crippen LogP contribution in [0.5, 0.6) is 0 Å². The molecule has 1 aromatic carbocycles. The Hall–Kier alpha value is -3.15. The molecule has 2 aromatic heterocycles. The lowest BCUT2D eigenvalue weighted by Crippen LogP contribution is -2.36. The van der Waals surface area contributed by atoms with Gasteiger partial charge in [-0.25, -0.2) is 0 Å². The number of benzene rings is 1. The van der Waals surface area contributed by atoms with Crippen molar-refractivity contribution in [1.29, 1.82) is 5.26 Å². The van der Waals surface area contributed by atoms with Gasteiger partial charge in [-0.3, -0.25) is 9.48 Å². The maximum atomic E-state index is 12.3. The zero-order valence-electron chi connectivity index (χ0n) is 16.0. The van der Waals surface area contributed by atoms with Crippen molar-refractivity contribution in [2.24, 2.45) is 0 Å². The molecule has 0 radical (unpaired) electrons. The Morgan fingerprint density at radius 3 is 2.86 bits per heavy atom. The van der Waals surface area contributed by atoms with E-state index >= 15 is 0 Å². The summed E-state index contributed by atoms with van der Waals surface area (Å²) in [6, 6.07) is 10.3. The van der Waals surface area contributed by atoms with E-state index in [1.54, 1.807) is 36.0 Å². The van der Waals surface area contributed by atoms with Gasteiger partial charge in [0, 0.05) is 30.3 Å². The summed E-state index contributed by atoms with van der Waals surface area (Å²) in [6.45, 7) is 3.94. The van der Waals surface area contributed by atoms with Gasteiger partial charge in [-0.1, -0.05) is 22.8 Å². The molecule has 0 aliphatic carbocycles. The molecule has 2 atom stereocenters. The first-order valence-corrected chi connectivity index (χ1v) is 9.41. The van der Waals surface area contributed by atoms with Crippen LogP contribution < -0.4 is 5.32 Å². The molecule has 29 heavy (non-hydrogen) atoms. The van der Waals surface area contributed by atoms with Crippen LogP contribution >= 0.6 is 11.6 Å². The number of hydrogen-bond donors (Lipinski definition) is 2. The molecule has 3 aromatic rings. The maximum Gasteiger partial charge on any atom is 0.273 e. The maximum absolute atomic E-state index is 12.3. The van der Waals surface area contributed by atoms with Gasteiger partial charge < -0.3 is 14.9 Å². The van der Waals surface area contributed by atoms with Crippen molar-refractivity contribution in [2.75, 3.05) is 0 Å². The highest BCUT2D eigenvalue weighted by Crippen LogP contribution is 2.24. The smallest absolute Gasteiger partial charge is 0.273 e. The van der Waals surface area contributed by atoms with E-state index in [2.05, 4.69) is 15.6 Å². The summed E-state index contributed by atoms with van der Waals surface area (Å²) < 4.78 is 6.77. The monoisotopic (exact) mass is 413 g/mol. The molecule has 1 unspecified atom stereocenters. The lowest BCUT2D eigenvalue weighted by molar-refractivity contribution is 0.0926. The van der Waals surface area contributed by atoms with E-state index < -0.39 is 6.10 Å². The van der Waals surface area contributed by atoms with Gasteiger partial charge in [-0.2, -0.15) is 10.4 Å². The van der Waals surface area contributed by atoms with Crippen molar-refractivity contribution >= 4 is 17.5 Å². The van der Waals surface area contributed by atoms with Crippen LogP contribution in [0.2, 0.25) is 5.02 Å². The highest BCUT2D eigenvalue weighted by Gasteiger charge is 2.16. The number of nitrogens with one attached hydrogen (secondary N) is 1. The molecule has 0 aliphatic rings. The van der Waals surface area contributed by atoms with Gasteiger partial charge >= 0.3 is 0 Å². The molecule has 0 aliphatic heterocycles. The fraction of sp³-hybridized carbons (Fsp3) is 0.300. The summed E-state index contributed by atoms with van der Waals surface area (Å²) in [5.41, 5.74) is 2.10. The topological polar surface area (TPSA) is 117 Å². The molecule has 2 heterocycles. The van der Waals surface area contributed by atoms with Crippen LogP contribution in [0.15, 0.2) is 41.1 Å². The molecule has 1 amide bonds. The number of hydrogen-bond acceptors (Lipinski definition) is 6. The minimum atomic E-state index is -0.571. The molecule has 0 saturated carbocycles. The molecule has 0 saturated heterocycles. The Bertz CT molecular complexity index is 1050. The molecule has 0 spiro atoms. The SMILES string of the molecule is CC(O)Cc1cc(C(=O)N[C@@H](C)Cn2ccc(-c3ccc(C#N)c(Cl)c3)n2)no1. The Morgan fingerprint density at radius 1 is 1.38 bits per heavy atom. The molecule has 0 fully saturated rings. The normalized spacial score (nSPS) is 12.9. The van der Waals surface area contributed by atoms with Crippen LogP contribution in [-0.2, 0) is 13.0 Å². The highest BCUT2D eigenvalue weighted by atomic mass is 35.5. The standard InChI is InChI=1S/C20H20ClN5O3/c1-12(23-20(28)19-9-16(29-25-19)7-13(2)27)11-26-6-5-18(24-26)14-3-4-15(10-22)17(21)8-14/h3-6,8-9,12-13,27H,7,11H2,1-2H3,(H,23,28)/t12-,13?/m0/s1. The molecule has 2 N–H and O–H groups in total. The first-order chi connectivity index (χ1) is 13.9. The van der Waals surface area contributed by atoms with E-state index in [4.69, 9.17) is 21.4 Å². The summed E-state index contributed by atoms with van der Waals surface area (Å²) in [5, 5.41) is 29.8. The minimum Gasteiger partial charge on any atom is -0.393 e. The second kappa shape index (κ2) is 8.90. The average Bonchev–Trinajstić information content (AvgIpc) is 3.30. The van der Waals surface area contributed by atoms with Crippen LogP contribution in [-0.4, -0.2) is 38.1 Å². The molecular formula is C20H20ClN5O3. The third kappa shape index (κ3) is 5.22. The fourth-order valence-corrected chi connectivity index (χ4v) is 3.04. The van der Waals surface area contributed by atoms with Crippen LogP contribution in [0.25, 0.3) is 11.3 Å². The fourth-order valence-electron chi connectivity index (χ4n) is 2.81. The van der Waals surface area contributed by atoms with E-state index in [1.165, 1.54) is 6.07 Å². The number of halogens is 1. The lowest BCUT2D eigenvalue weighted by atomic mass is 10.1. The van der Waals surface area contributed by atoms with Gasteiger partial charge in [-0.05, 0) is 32.0 Å². The van der Waals surface area contributed by atoms with Crippen LogP contribution in [0.3, 0.4) is 0 Å². The van der Waals surface area contributed by atoms with Gasteiger partial charge in [0.15, 0.2) is 5.69 Å². The number of carbonyl (C=O) groups excluding carboxylic acids is 1. The van der Waals surface area contributed by atoms with E-state index in [1.807, 2.05) is 19.1 Å². The number of rotatable bonds is 7. The van der Waals surface area contributed by atoms with Crippen molar-refractivity contribution in [1.82, 2.24) is 20.3 Å². The molecule has 3 rings (SSSR count). The zero-order valence-corrected chi connectivity index (χ0v) is 16.7. The van der Waals surface area contributed by atoms with Gasteiger partial charge in [0.05, 0.1) is 28.9 Å². The number of aliphatic hydroxyl groups excluding tert-OH is 1. The van der Waals surface area contributed by atoms with Crippen LogP contribution in [0, 0.1) is 11.3 Å². The van der Waals surface area contributed by atoms with E-state index in [0.717, 1.165) is 5.56 Å². The Labute approximate surface area is 172 Å². The zero-order chi connectivity index (χ0) is 21.0. The quantitative estimate of drug-likeness (QED) is 0.615. The van der Waals surface area contributed by atoms with Crippen LogP contribution in [0.4, 0.5) is 0 Å². The van der Waals surface area contributed by atoms with Crippen molar-refractivity contribution in [3.8, 4) is 17.3 Å². The van der Waals surface area contributed by atoms with E-state index in [0.29, 0.717) is 35.0 Å². The Morgan fingerprint density at radius 2 is 2.17 bits per heavy atom. The van der Waals surface area contributed by atoms with Crippen molar-refractivity contribution < 1.29 is 14.4 Å². The molecule has 150 valence electrons. The summed E-state index contributed by atoms with van der Waals surface area (Å²) in [5.74, 6) is 0.0972. The third-order valence-electron chi connectivity index (χ3n) is 4.15. The second-order valence-electron chi connectivity index (χ2n) is 6.84. The third-order valence-corrected chi connectivity index (χ3v) is 4.47. The molecule has 0 bridgehead atoms. The van der Waals surface area contributed by atoms with E-state index in [-0.39, 0.29) is 17.6 Å². The molecule has 8 nitrogen and oxygen atoms in total. The molecular weight excluding hydrogens is 394 g/mol. The second-order valence-corrected chi connectivity index (χ2v) is 7.24. The minimum absolute atomic E-state index is 0.167. The highest BCUT2D eigenvalue weighted by molar-refractivity contribution is 6.32. The number of nitrogens with zero attached hydrogens (tertiary/aromatic N) is 4. The number of carbonyl (C=O) groups is 1. The Kier molecular flexibility index (Phi) is 6.32. The number of aliphatic hydroxyl groups is 1. The predicted molar refractivity (Wildman–Crippen MR) is 106 cm³/mol. The Balaban J connectivity index is 1.61.